The monoisotopic (exact) mass is 449 g/mol. The van der Waals surface area contributed by atoms with Gasteiger partial charge in [-0.25, -0.2) is 18.7 Å². The Morgan fingerprint density at radius 1 is 1.18 bits per heavy atom. The fraction of sp³-hybridized carbons (Fsp3) is 0.318. The third kappa shape index (κ3) is 2.91. The van der Waals surface area contributed by atoms with Gasteiger partial charge in [-0.2, -0.15) is 5.10 Å². The van der Waals surface area contributed by atoms with Crippen LogP contribution in [0.5, 0.6) is 0 Å². The lowest BCUT2D eigenvalue weighted by Crippen LogP contribution is -2.43. The lowest BCUT2D eigenvalue weighted by atomic mass is 9.68. The molecular formula is C22H21F2N9. The molecule has 6 rings (SSSR count). The van der Waals surface area contributed by atoms with Gasteiger partial charge in [-0.15, -0.1) is 10.2 Å². The maximum atomic E-state index is 13.9. The fourth-order valence-electron chi connectivity index (χ4n) is 4.50. The van der Waals surface area contributed by atoms with Crippen LogP contribution in [0.2, 0.25) is 0 Å². The first-order valence-electron chi connectivity index (χ1n) is 10.7. The van der Waals surface area contributed by atoms with Crippen molar-refractivity contribution in [3.63, 3.8) is 0 Å². The number of alkyl halides is 2. The highest BCUT2D eigenvalue weighted by atomic mass is 19.3. The summed E-state index contributed by atoms with van der Waals surface area (Å²) in [7, 11) is 1.83. The molecule has 5 heterocycles. The molecule has 33 heavy (non-hydrogen) atoms. The summed E-state index contributed by atoms with van der Waals surface area (Å²) in [6.07, 6.45) is 8.15. The van der Waals surface area contributed by atoms with Crippen LogP contribution in [0.1, 0.15) is 30.7 Å². The highest BCUT2D eigenvalue weighted by molar-refractivity contribution is 5.79. The summed E-state index contributed by atoms with van der Waals surface area (Å²) >= 11 is 0. The normalized spacial score (nSPS) is 15.4. The number of fused-ring (bicyclic) bond motifs is 3. The summed E-state index contributed by atoms with van der Waals surface area (Å²) in [6.45, 7) is 1.94. The van der Waals surface area contributed by atoms with Crippen LogP contribution in [0.4, 0.5) is 20.5 Å². The molecule has 0 saturated heterocycles. The molecule has 0 amide bonds. The van der Waals surface area contributed by atoms with Crippen molar-refractivity contribution in [3.8, 4) is 11.3 Å². The zero-order valence-electron chi connectivity index (χ0n) is 18.1. The lowest BCUT2D eigenvalue weighted by Gasteiger charge is -2.39. The van der Waals surface area contributed by atoms with Crippen molar-refractivity contribution in [2.45, 2.75) is 38.0 Å². The number of hydrogen-bond acceptors (Lipinski definition) is 6. The Morgan fingerprint density at radius 2 is 2.03 bits per heavy atom. The van der Waals surface area contributed by atoms with Gasteiger partial charge in [0, 0.05) is 43.5 Å². The Morgan fingerprint density at radius 3 is 2.73 bits per heavy atom. The first-order chi connectivity index (χ1) is 16.0. The van der Waals surface area contributed by atoms with Crippen LogP contribution in [-0.2, 0) is 12.5 Å². The van der Waals surface area contributed by atoms with E-state index in [4.69, 9.17) is 4.98 Å². The zero-order chi connectivity index (χ0) is 22.7. The second kappa shape index (κ2) is 7.06. The number of nitrogens with zero attached hydrogens (tertiary/aromatic N) is 8. The second-order valence-electron chi connectivity index (χ2n) is 8.54. The minimum absolute atomic E-state index is 0.338. The van der Waals surface area contributed by atoms with E-state index in [-0.39, 0.29) is 0 Å². The standard InChI is InChI=1S/C22H21F2N9/c1-13-11-25-21(27-16-4-7-26-31(16)2)28-17(13)14-10-15-18-29-30-20(22(19(23)24)5-3-6-22)33(18)9-8-32(15)12-14/h4,7-12,19H,3,5-6H2,1-2H3,(H,25,27,28). The molecular weight excluding hydrogens is 428 g/mol. The van der Waals surface area contributed by atoms with Gasteiger partial charge in [-0.1, -0.05) is 6.42 Å². The van der Waals surface area contributed by atoms with E-state index in [0.29, 0.717) is 30.3 Å². The van der Waals surface area contributed by atoms with Gasteiger partial charge in [0.05, 0.1) is 22.8 Å². The SMILES string of the molecule is Cc1cnc(Nc2ccnn2C)nc1-c1cc2c3nnc(C4(C(F)F)CCC4)n3ccn2c1. The number of aryl methyl sites for hydroxylation is 2. The predicted molar refractivity (Wildman–Crippen MR) is 118 cm³/mol. The van der Waals surface area contributed by atoms with Gasteiger partial charge in [0.15, 0.2) is 5.65 Å². The first-order valence-corrected chi connectivity index (χ1v) is 10.7. The smallest absolute Gasteiger partial charge is 0.251 e. The minimum atomic E-state index is -2.47. The van der Waals surface area contributed by atoms with Crippen molar-refractivity contribution in [2.75, 3.05) is 5.32 Å². The molecule has 1 aliphatic rings. The van der Waals surface area contributed by atoms with Crippen molar-refractivity contribution in [1.29, 1.82) is 0 Å². The number of nitrogens with one attached hydrogen (secondary N) is 1. The van der Waals surface area contributed by atoms with E-state index in [1.54, 1.807) is 27.7 Å². The van der Waals surface area contributed by atoms with Crippen LogP contribution in [0.15, 0.2) is 43.1 Å². The van der Waals surface area contributed by atoms with Crippen molar-refractivity contribution in [1.82, 2.24) is 38.7 Å². The topological polar surface area (TPSA) is 90.2 Å². The van der Waals surface area contributed by atoms with Crippen molar-refractivity contribution in [2.24, 2.45) is 7.05 Å². The van der Waals surface area contributed by atoms with Crippen molar-refractivity contribution in [3.05, 3.63) is 54.5 Å². The highest BCUT2D eigenvalue weighted by Crippen LogP contribution is 2.47. The number of anilines is 2. The van der Waals surface area contributed by atoms with E-state index in [9.17, 15) is 8.78 Å². The number of aromatic nitrogens is 8. The maximum Gasteiger partial charge on any atom is 0.251 e. The van der Waals surface area contributed by atoms with E-state index >= 15 is 0 Å². The molecule has 11 heteroatoms. The Balaban J connectivity index is 1.44. The second-order valence-corrected chi connectivity index (χ2v) is 8.54. The first kappa shape index (κ1) is 19.8. The van der Waals surface area contributed by atoms with Gasteiger partial charge >= 0.3 is 0 Å². The molecule has 1 fully saturated rings. The Bertz CT molecular complexity index is 1490. The Kier molecular flexibility index (Phi) is 4.23. The fourth-order valence-corrected chi connectivity index (χ4v) is 4.50. The summed E-state index contributed by atoms with van der Waals surface area (Å²) < 4.78 is 33.1. The van der Waals surface area contributed by atoms with Crippen LogP contribution < -0.4 is 5.32 Å². The molecule has 5 aromatic rings. The molecule has 0 aromatic carbocycles. The number of hydrogen-bond donors (Lipinski definition) is 1. The summed E-state index contributed by atoms with van der Waals surface area (Å²) in [6, 6.07) is 3.79. The number of halogens is 2. The van der Waals surface area contributed by atoms with Crippen molar-refractivity contribution >= 4 is 22.9 Å². The molecule has 0 aliphatic heterocycles. The molecule has 0 unspecified atom stereocenters. The molecule has 168 valence electrons. The quantitative estimate of drug-likeness (QED) is 0.438. The lowest BCUT2D eigenvalue weighted by molar-refractivity contribution is -0.00530. The van der Waals surface area contributed by atoms with Crippen LogP contribution >= 0.6 is 0 Å². The number of rotatable bonds is 5. The largest absolute Gasteiger partial charge is 0.318 e. The van der Waals surface area contributed by atoms with Gasteiger partial charge in [-0.3, -0.25) is 9.08 Å². The molecule has 1 aliphatic carbocycles. The summed E-state index contributed by atoms with van der Waals surface area (Å²) in [5, 5.41) is 15.8. The molecule has 9 nitrogen and oxygen atoms in total. The Hall–Kier alpha value is -3.89. The van der Waals surface area contributed by atoms with E-state index < -0.39 is 11.8 Å². The molecule has 5 aromatic heterocycles. The van der Waals surface area contributed by atoms with Crippen LogP contribution in [-0.4, -0.2) is 45.2 Å². The molecule has 0 atom stereocenters. The average molecular weight is 449 g/mol. The minimum Gasteiger partial charge on any atom is -0.318 e. The molecule has 1 N–H and O–H groups in total. The molecule has 0 spiro atoms. The molecule has 1 saturated carbocycles. The third-order valence-electron chi connectivity index (χ3n) is 6.56. The third-order valence-corrected chi connectivity index (χ3v) is 6.56. The van der Waals surface area contributed by atoms with Gasteiger partial charge in [-0.05, 0) is 31.4 Å². The van der Waals surface area contributed by atoms with E-state index in [2.05, 4.69) is 25.6 Å². The van der Waals surface area contributed by atoms with Gasteiger partial charge < -0.3 is 9.72 Å². The summed E-state index contributed by atoms with van der Waals surface area (Å²) in [5.41, 5.74) is 2.65. The highest BCUT2D eigenvalue weighted by Gasteiger charge is 2.50. The summed E-state index contributed by atoms with van der Waals surface area (Å²) in [4.78, 5) is 9.08. The molecule has 0 radical (unpaired) electrons. The molecule has 0 bridgehead atoms. The van der Waals surface area contributed by atoms with E-state index in [1.807, 2.05) is 42.9 Å². The van der Waals surface area contributed by atoms with Gasteiger partial charge in [0.2, 0.25) is 5.95 Å². The average Bonchev–Trinajstić information content (AvgIpc) is 3.47. The van der Waals surface area contributed by atoms with E-state index in [0.717, 1.165) is 34.6 Å². The maximum absolute atomic E-state index is 13.9. The Labute approximate surface area is 187 Å². The predicted octanol–water partition coefficient (Wildman–Crippen LogP) is 3.91. The van der Waals surface area contributed by atoms with E-state index in [1.165, 1.54) is 0 Å². The van der Waals surface area contributed by atoms with Crippen LogP contribution in [0, 0.1) is 6.92 Å². The van der Waals surface area contributed by atoms with Crippen molar-refractivity contribution < 1.29 is 8.78 Å². The zero-order valence-corrected chi connectivity index (χ0v) is 18.1. The van der Waals surface area contributed by atoms with Crippen LogP contribution in [0.3, 0.4) is 0 Å². The van der Waals surface area contributed by atoms with Gasteiger partial charge in [0.1, 0.15) is 11.6 Å². The van der Waals surface area contributed by atoms with Crippen LogP contribution in [0.25, 0.3) is 22.4 Å². The summed E-state index contributed by atoms with van der Waals surface area (Å²) in [5.74, 6) is 1.56. The van der Waals surface area contributed by atoms with Gasteiger partial charge in [0.25, 0.3) is 6.43 Å².